The highest BCUT2D eigenvalue weighted by Gasteiger charge is 2.18. The maximum absolute atomic E-state index is 10.9. The molecule has 0 bridgehead atoms. The first kappa shape index (κ1) is 10.4. The van der Waals surface area contributed by atoms with E-state index < -0.39 is 8.32 Å². The third-order valence-corrected chi connectivity index (χ3v) is 1.86. The van der Waals surface area contributed by atoms with Crippen molar-refractivity contribution in [2.45, 2.75) is 33.5 Å². The minimum Gasteiger partial charge on any atom is -0.542 e. The average molecular weight is 172 g/mol. The van der Waals surface area contributed by atoms with Crippen LogP contribution in [0.5, 0.6) is 0 Å². The van der Waals surface area contributed by atoms with Crippen LogP contribution in [0, 0.1) is 0 Å². The Morgan fingerprint density at radius 3 is 1.91 bits per heavy atom. The summed E-state index contributed by atoms with van der Waals surface area (Å²) >= 11 is 0. The molecule has 11 heavy (non-hydrogen) atoms. The Morgan fingerprint density at radius 2 is 1.82 bits per heavy atom. The predicted octanol–water partition coefficient (Wildman–Crippen LogP) is 2.33. The maximum atomic E-state index is 10.9. The fraction of sp³-hybridized carbons (Fsp3) is 0.625. The van der Waals surface area contributed by atoms with Crippen molar-refractivity contribution >= 4 is 14.1 Å². The maximum Gasteiger partial charge on any atom is 0.242 e. The lowest BCUT2D eigenvalue weighted by molar-refractivity contribution is -0.115. The smallest absolute Gasteiger partial charge is 0.242 e. The van der Waals surface area contributed by atoms with Crippen LogP contribution in [0.3, 0.4) is 0 Å². The number of hydrogen-bond acceptors (Lipinski definition) is 2. The van der Waals surface area contributed by atoms with Crippen molar-refractivity contribution in [1.82, 2.24) is 0 Å². The highest BCUT2D eigenvalue weighted by molar-refractivity contribution is 6.70. The number of hydrogen-bond donors (Lipinski definition) is 0. The van der Waals surface area contributed by atoms with Crippen molar-refractivity contribution in [1.29, 1.82) is 0 Å². The van der Waals surface area contributed by atoms with Gasteiger partial charge in [-0.3, -0.25) is 4.79 Å². The first-order chi connectivity index (χ1) is 4.87. The lowest BCUT2D eigenvalue weighted by atomic mass is 10.3. The molecule has 0 aliphatic carbocycles. The van der Waals surface area contributed by atoms with Crippen molar-refractivity contribution in [2.75, 3.05) is 0 Å². The Bertz CT molecular complexity index is 177. The largest absolute Gasteiger partial charge is 0.542 e. The Balaban J connectivity index is 4.24. The summed E-state index contributed by atoms with van der Waals surface area (Å²) in [5.74, 6) is 0.513. The van der Waals surface area contributed by atoms with Gasteiger partial charge in [-0.25, -0.2) is 0 Å². The van der Waals surface area contributed by atoms with Crippen molar-refractivity contribution in [3.63, 3.8) is 0 Å². The zero-order valence-electron chi connectivity index (χ0n) is 7.89. The molecule has 0 radical (unpaired) electrons. The van der Waals surface area contributed by atoms with Crippen molar-refractivity contribution in [3.05, 3.63) is 11.8 Å². The number of carbonyl (C=O) groups is 1. The first-order valence-corrected chi connectivity index (χ1v) is 7.14. The van der Waals surface area contributed by atoms with Crippen molar-refractivity contribution in [3.8, 4) is 0 Å². The molecular weight excluding hydrogens is 156 g/mol. The van der Waals surface area contributed by atoms with E-state index in [1.54, 1.807) is 6.08 Å². The molecule has 0 fully saturated rings. The van der Waals surface area contributed by atoms with E-state index in [1.165, 1.54) is 6.92 Å². The molecule has 0 saturated carbocycles. The van der Waals surface area contributed by atoms with E-state index in [-0.39, 0.29) is 5.78 Å². The van der Waals surface area contributed by atoms with Gasteiger partial charge >= 0.3 is 0 Å². The Hall–Kier alpha value is -0.573. The van der Waals surface area contributed by atoms with Gasteiger partial charge in [0.15, 0.2) is 5.78 Å². The van der Waals surface area contributed by atoms with Crippen LogP contribution >= 0.6 is 0 Å². The number of ketones is 1. The molecule has 0 heterocycles. The van der Waals surface area contributed by atoms with Gasteiger partial charge in [0.1, 0.15) is 5.76 Å². The van der Waals surface area contributed by atoms with E-state index in [4.69, 9.17) is 4.43 Å². The fourth-order valence-corrected chi connectivity index (χ4v) is 1.59. The monoisotopic (exact) mass is 172 g/mol. The normalized spacial score (nSPS) is 13.0. The topological polar surface area (TPSA) is 26.3 Å². The Morgan fingerprint density at radius 1 is 1.36 bits per heavy atom. The van der Waals surface area contributed by atoms with Crippen LogP contribution in [-0.2, 0) is 9.22 Å². The molecule has 0 saturated heterocycles. The Kier molecular flexibility index (Phi) is 3.52. The first-order valence-electron chi connectivity index (χ1n) is 3.73. The lowest BCUT2D eigenvalue weighted by Gasteiger charge is -2.19. The van der Waals surface area contributed by atoms with Crippen LogP contribution in [0.1, 0.15) is 13.8 Å². The molecule has 3 heteroatoms. The van der Waals surface area contributed by atoms with E-state index >= 15 is 0 Å². The molecule has 0 aliphatic rings. The molecule has 0 aromatic rings. The zero-order valence-corrected chi connectivity index (χ0v) is 8.89. The molecule has 0 spiro atoms. The van der Waals surface area contributed by atoms with Crippen LogP contribution < -0.4 is 0 Å². The third kappa shape index (κ3) is 4.78. The average Bonchev–Trinajstić information content (AvgIpc) is 1.80. The molecule has 64 valence electrons. The van der Waals surface area contributed by atoms with Crippen LogP contribution in [0.15, 0.2) is 11.8 Å². The molecule has 0 amide bonds. The van der Waals surface area contributed by atoms with Crippen LogP contribution in [0.25, 0.3) is 0 Å². The van der Waals surface area contributed by atoms with Crippen LogP contribution in [0.4, 0.5) is 0 Å². The van der Waals surface area contributed by atoms with E-state index in [0.717, 1.165) is 0 Å². The zero-order chi connectivity index (χ0) is 9.07. The molecule has 0 unspecified atom stereocenters. The number of Topliss-reactive ketones (excluding diaryl/α,β-unsaturated/α-hetero) is 1. The fourth-order valence-electron chi connectivity index (χ4n) is 0.664. The quantitative estimate of drug-likeness (QED) is 0.371. The summed E-state index contributed by atoms with van der Waals surface area (Å²) in [6.07, 6.45) is 1.72. The summed E-state index contributed by atoms with van der Waals surface area (Å²) in [7, 11) is -1.59. The summed E-state index contributed by atoms with van der Waals surface area (Å²) in [6.45, 7) is 9.50. The van der Waals surface area contributed by atoms with Gasteiger partial charge in [0, 0.05) is 6.92 Å². The molecule has 0 atom stereocenters. The number of rotatable bonds is 3. The minimum absolute atomic E-state index is 0.00919. The molecule has 0 aliphatic heterocycles. The molecule has 0 aromatic carbocycles. The van der Waals surface area contributed by atoms with Crippen molar-refractivity contribution < 1.29 is 9.22 Å². The summed E-state index contributed by atoms with van der Waals surface area (Å²) in [4.78, 5) is 10.9. The molecule has 0 aromatic heterocycles. The second-order valence-electron chi connectivity index (χ2n) is 3.42. The molecule has 0 rings (SSSR count). The van der Waals surface area contributed by atoms with E-state index in [2.05, 4.69) is 19.6 Å². The van der Waals surface area contributed by atoms with Gasteiger partial charge in [0.25, 0.3) is 0 Å². The van der Waals surface area contributed by atoms with E-state index in [1.807, 2.05) is 6.92 Å². The lowest BCUT2D eigenvalue weighted by Crippen LogP contribution is -2.26. The van der Waals surface area contributed by atoms with E-state index in [0.29, 0.717) is 5.76 Å². The van der Waals surface area contributed by atoms with Gasteiger partial charge in [0.2, 0.25) is 8.32 Å². The van der Waals surface area contributed by atoms with Crippen LogP contribution in [0.2, 0.25) is 19.6 Å². The highest BCUT2D eigenvalue weighted by Crippen LogP contribution is 2.10. The van der Waals surface area contributed by atoms with Gasteiger partial charge in [-0.1, -0.05) is 0 Å². The third-order valence-electron chi connectivity index (χ3n) is 1.03. The Labute approximate surface area is 69.4 Å². The summed E-state index contributed by atoms with van der Waals surface area (Å²) in [5.41, 5.74) is 0. The minimum atomic E-state index is -1.59. The van der Waals surface area contributed by atoms with E-state index in [9.17, 15) is 4.79 Å². The second-order valence-corrected chi connectivity index (χ2v) is 7.85. The number of allylic oxidation sites excluding steroid dienone is 2. The predicted molar refractivity (Wildman–Crippen MR) is 48.9 cm³/mol. The van der Waals surface area contributed by atoms with Crippen molar-refractivity contribution in [2.24, 2.45) is 0 Å². The summed E-state index contributed by atoms with van der Waals surface area (Å²) < 4.78 is 5.50. The van der Waals surface area contributed by atoms with Crippen LogP contribution in [-0.4, -0.2) is 14.1 Å². The SMILES string of the molecule is C/C=C(/O[Si](C)(C)C)C(C)=O. The van der Waals surface area contributed by atoms with Gasteiger partial charge in [0.05, 0.1) is 0 Å². The van der Waals surface area contributed by atoms with Gasteiger partial charge in [-0.05, 0) is 32.6 Å². The highest BCUT2D eigenvalue weighted by atomic mass is 28.4. The molecule has 2 nitrogen and oxygen atoms in total. The number of carbonyl (C=O) groups excluding carboxylic acids is 1. The summed E-state index contributed by atoms with van der Waals surface area (Å²) in [5, 5.41) is 0. The molecule has 0 N–H and O–H groups in total. The molecular formula is C8H16O2Si. The van der Waals surface area contributed by atoms with Gasteiger partial charge < -0.3 is 4.43 Å². The second kappa shape index (κ2) is 3.71. The summed E-state index contributed by atoms with van der Waals surface area (Å²) in [6, 6.07) is 0. The van der Waals surface area contributed by atoms with Gasteiger partial charge in [-0.2, -0.15) is 0 Å². The standard InChI is InChI=1S/C8H16O2Si/c1-6-8(7(2)9)10-11(3,4)5/h6H,1-5H3/b8-6+. The van der Waals surface area contributed by atoms with Gasteiger partial charge in [-0.15, -0.1) is 0 Å².